The number of carbonyl (C=O) groups is 1. The van der Waals surface area contributed by atoms with Crippen LogP contribution in [0.1, 0.15) is 36.2 Å². The van der Waals surface area contributed by atoms with E-state index in [0.29, 0.717) is 22.4 Å². The first kappa shape index (κ1) is 19.0. The number of rotatable bonds is 3. The van der Waals surface area contributed by atoms with Gasteiger partial charge in [0.1, 0.15) is 11.6 Å². The minimum absolute atomic E-state index is 0.0316. The van der Waals surface area contributed by atoms with E-state index in [0.717, 1.165) is 24.3 Å². The van der Waals surface area contributed by atoms with Crippen LogP contribution in [0, 0.1) is 17.7 Å². The van der Waals surface area contributed by atoms with Gasteiger partial charge in [0, 0.05) is 54.6 Å². The Labute approximate surface area is 169 Å². The maximum atomic E-state index is 15.3. The van der Waals surface area contributed by atoms with Crippen molar-refractivity contribution in [3.8, 4) is 11.1 Å². The molecule has 3 N–H and O–H groups in total. The quantitative estimate of drug-likeness (QED) is 0.756. The average Bonchev–Trinajstić information content (AvgIpc) is 3.24. The lowest BCUT2D eigenvalue weighted by Crippen LogP contribution is -2.24. The monoisotopic (exact) mass is 402 g/mol. The lowest BCUT2D eigenvalue weighted by Gasteiger charge is -2.18. The van der Waals surface area contributed by atoms with Crippen LogP contribution >= 0.6 is 11.6 Å². The van der Waals surface area contributed by atoms with Gasteiger partial charge in [0.2, 0.25) is 0 Å². The number of hydrogen-bond donors (Lipinski definition) is 2. The zero-order valence-electron chi connectivity index (χ0n) is 16.4. The molecule has 2 heterocycles. The van der Waals surface area contributed by atoms with E-state index in [9.17, 15) is 4.79 Å². The molecule has 1 aliphatic heterocycles. The number of hydrogen-bond acceptors (Lipinski definition) is 4. The Balaban J connectivity index is 1.86. The Morgan fingerprint density at radius 1 is 1.39 bits per heavy atom. The Bertz CT molecular complexity index is 991. The van der Waals surface area contributed by atoms with Crippen molar-refractivity contribution in [1.82, 2.24) is 9.88 Å². The van der Waals surface area contributed by atoms with Crippen LogP contribution in [0.3, 0.4) is 0 Å². The van der Waals surface area contributed by atoms with Gasteiger partial charge in [-0.1, -0.05) is 25.4 Å². The summed E-state index contributed by atoms with van der Waals surface area (Å²) in [4.78, 5) is 18.2. The smallest absolute Gasteiger partial charge is 0.258 e. The van der Waals surface area contributed by atoms with E-state index in [2.05, 4.69) is 24.1 Å². The summed E-state index contributed by atoms with van der Waals surface area (Å²) in [6.45, 7) is 5.22. The van der Waals surface area contributed by atoms with Crippen LogP contribution in [-0.4, -0.2) is 36.4 Å². The number of halogens is 2. The van der Waals surface area contributed by atoms with Crippen molar-refractivity contribution in [3.05, 3.63) is 40.3 Å². The van der Waals surface area contributed by atoms with Crippen LogP contribution < -0.4 is 11.1 Å². The van der Waals surface area contributed by atoms with Gasteiger partial charge in [0.25, 0.3) is 5.91 Å². The normalized spacial score (nSPS) is 22.3. The molecule has 1 amide bonds. The van der Waals surface area contributed by atoms with Crippen molar-refractivity contribution in [3.63, 3.8) is 0 Å². The molecule has 2 aliphatic rings. The molecular weight excluding hydrogens is 379 g/mol. The fraction of sp³-hybridized carbons (Fsp3) is 0.429. The van der Waals surface area contributed by atoms with Gasteiger partial charge in [-0.2, -0.15) is 0 Å². The summed E-state index contributed by atoms with van der Waals surface area (Å²) in [7, 11) is 3.12. The van der Waals surface area contributed by atoms with E-state index < -0.39 is 11.7 Å². The van der Waals surface area contributed by atoms with E-state index in [4.69, 9.17) is 17.3 Å². The average molecular weight is 403 g/mol. The Kier molecular flexibility index (Phi) is 4.30. The number of nitrogens with one attached hydrogen (secondary N) is 1. The van der Waals surface area contributed by atoms with Gasteiger partial charge >= 0.3 is 0 Å². The summed E-state index contributed by atoms with van der Waals surface area (Å²) in [5, 5.41) is 3.86. The summed E-state index contributed by atoms with van der Waals surface area (Å²) in [6, 6.07) is 3.11. The molecule has 1 saturated carbocycles. The van der Waals surface area contributed by atoms with E-state index in [-0.39, 0.29) is 22.2 Å². The van der Waals surface area contributed by atoms with Crippen LogP contribution in [0.15, 0.2) is 18.3 Å². The Hall–Kier alpha value is -2.34. The number of aromatic nitrogens is 1. The number of nitrogen functional groups attached to an aromatic ring is 1. The zero-order chi connectivity index (χ0) is 20.4. The second-order valence-electron chi connectivity index (χ2n) is 8.36. The topological polar surface area (TPSA) is 71.2 Å². The molecule has 2 aromatic rings. The van der Waals surface area contributed by atoms with Crippen molar-refractivity contribution in [2.24, 2.45) is 11.8 Å². The van der Waals surface area contributed by atoms with Gasteiger partial charge in [-0.25, -0.2) is 9.37 Å². The summed E-state index contributed by atoms with van der Waals surface area (Å²) < 4.78 is 15.3. The summed E-state index contributed by atoms with van der Waals surface area (Å²) >= 11 is 6.82. The van der Waals surface area contributed by atoms with Gasteiger partial charge < -0.3 is 16.0 Å². The molecule has 148 valence electrons. The minimum atomic E-state index is -0.668. The minimum Gasteiger partial charge on any atom is -0.398 e. The second kappa shape index (κ2) is 6.34. The predicted molar refractivity (Wildman–Crippen MR) is 110 cm³/mol. The number of amides is 1. The van der Waals surface area contributed by atoms with Crippen LogP contribution in [0.5, 0.6) is 0 Å². The van der Waals surface area contributed by atoms with Gasteiger partial charge in [-0.3, -0.25) is 4.79 Å². The SMILES string of the molecule is CC(C)C1CC12CNc1ncc(-c3ccc(N)c(C(=O)N(C)C)c3F)c(Cl)c12. The van der Waals surface area contributed by atoms with Crippen molar-refractivity contribution in [2.75, 3.05) is 31.7 Å². The highest BCUT2D eigenvalue weighted by Gasteiger charge is 2.61. The highest BCUT2D eigenvalue weighted by atomic mass is 35.5. The number of nitrogens with two attached hydrogens (primary N) is 1. The molecule has 1 aliphatic carbocycles. The molecule has 1 aromatic carbocycles. The van der Waals surface area contributed by atoms with Crippen molar-refractivity contribution in [2.45, 2.75) is 25.7 Å². The van der Waals surface area contributed by atoms with Crippen molar-refractivity contribution >= 4 is 29.0 Å². The number of benzene rings is 1. The first-order chi connectivity index (χ1) is 13.2. The molecule has 0 saturated heterocycles. The molecule has 2 atom stereocenters. The van der Waals surface area contributed by atoms with Crippen molar-refractivity contribution < 1.29 is 9.18 Å². The number of carbonyl (C=O) groups excluding carboxylic acids is 1. The Morgan fingerprint density at radius 3 is 2.71 bits per heavy atom. The van der Waals surface area contributed by atoms with E-state index in [1.165, 1.54) is 4.90 Å². The molecule has 28 heavy (non-hydrogen) atoms. The number of pyridine rings is 1. The third-order valence-corrected chi connectivity index (χ3v) is 6.50. The third-order valence-electron chi connectivity index (χ3n) is 6.11. The number of anilines is 2. The number of fused-ring (bicyclic) bond motifs is 2. The molecule has 7 heteroatoms. The molecule has 0 radical (unpaired) electrons. The summed E-state index contributed by atoms with van der Waals surface area (Å²) in [6.07, 6.45) is 2.61. The molecule has 5 nitrogen and oxygen atoms in total. The van der Waals surface area contributed by atoms with Gasteiger partial charge in [-0.05, 0) is 30.4 Å². The first-order valence-electron chi connectivity index (χ1n) is 9.42. The fourth-order valence-electron chi connectivity index (χ4n) is 4.53. The third kappa shape index (κ3) is 2.58. The van der Waals surface area contributed by atoms with Gasteiger partial charge in [0.05, 0.1) is 10.6 Å². The maximum Gasteiger partial charge on any atom is 0.258 e. The van der Waals surface area contributed by atoms with Gasteiger partial charge in [-0.15, -0.1) is 0 Å². The van der Waals surface area contributed by atoms with Crippen LogP contribution in [0.4, 0.5) is 15.9 Å². The highest BCUT2D eigenvalue weighted by Crippen LogP contribution is 2.63. The maximum absolute atomic E-state index is 15.3. The standard InChI is InChI=1S/C21H24ClFN4O/c1-10(2)13-7-21(13)9-26-19-16(21)17(22)12(8-25-19)11-5-6-14(24)15(18(11)23)20(28)27(3)4/h5-6,8,10,13H,7,9,24H2,1-4H3,(H,25,26). The zero-order valence-corrected chi connectivity index (χ0v) is 17.2. The molecule has 0 bridgehead atoms. The second-order valence-corrected chi connectivity index (χ2v) is 8.74. The van der Waals surface area contributed by atoms with E-state index in [1.807, 2.05) is 0 Å². The van der Waals surface area contributed by atoms with Crippen molar-refractivity contribution in [1.29, 1.82) is 0 Å². The molecule has 1 spiro atoms. The van der Waals surface area contributed by atoms with E-state index >= 15 is 4.39 Å². The van der Waals surface area contributed by atoms with Gasteiger partial charge in [0.15, 0.2) is 0 Å². The van der Waals surface area contributed by atoms with Crippen LogP contribution in [0.25, 0.3) is 11.1 Å². The predicted octanol–water partition coefficient (Wildman–Crippen LogP) is 4.16. The van der Waals surface area contributed by atoms with Crippen LogP contribution in [0.2, 0.25) is 5.02 Å². The highest BCUT2D eigenvalue weighted by molar-refractivity contribution is 6.34. The molecular formula is C21H24ClFN4O. The summed E-state index contributed by atoms with van der Waals surface area (Å²) in [5.41, 5.74) is 7.53. The Morgan fingerprint density at radius 2 is 2.11 bits per heavy atom. The fourth-order valence-corrected chi connectivity index (χ4v) is 4.96. The summed E-state index contributed by atoms with van der Waals surface area (Å²) in [5.74, 6) is 0.682. The lowest BCUT2D eigenvalue weighted by molar-refractivity contribution is 0.0824. The van der Waals surface area contributed by atoms with Crippen LogP contribution in [-0.2, 0) is 5.41 Å². The largest absolute Gasteiger partial charge is 0.398 e. The first-order valence-corrected chi connectivity index (χ1v) is 9.79. The molecule has 1 aromatic heterocycles. The molecule has 1 fully saturated rings. The van der Waals surface area contributed by atoms with E-state index in [1.54, 1.807) is 32.4 Å². The molecule has 4 rings (SSSR count). The lowest BCUT2D eigenvalue weighted by atomic mass is 9.90. The number of nitrogens with zero attached hydrogens (tertiary/aromatic N) is 2. The molecule has 2 unspecified atom stereocenters.